The lowest BCUT2D eigenvalue weighted by molar-refractivity contribution is 0.594. The maximum Gasteiger partial charge on any atom is 0.240 e. The molecule has 12 nitrogen and oxygen atoms in total. The fourth-order valence-electron chi connectivity index (χ4n) is 3.22. The van der Waals surface area contributed by atoms with Gasteiger partial charge in [-0.1, -0.05) is 18.2 Å². The normalized spacial score (nSPS) is 13.5. The molecule has 12 N–H and O–H groups in total. The summed E-state index contributed by atoms with van der Waals surface area (Å²) in [5.74, 6) is 5.33. The maximum absolute atomic E-state index is 12.8. The third-order valence-electron chi connectivity index (χ3n) is 4.45. The first-order chi connectivity index (χ1) is 14.7. The van der Waals surface area contributed by atoms with E-state index in [9.17, 15) is 12.6 Å². The van der Waals surface area contributed by atoms with E-state index < -0.39 is 25.7 Å². The second-order valence-electron chi connectivity index (χ2n) is 6.50. The number of nitrogens with zero attached hydrogens (tertiary/aromatic N) is 2. The van der Waals surface area contributed by atoms with Crippen LogP contribution in [0.2, 0.25) is 0 Å². The highest BCUT2D eigenvalue weighted by atomic mass is 32.2. The summed E-state index contributed by atoms with van der Waals surface area (Å²) >= 11 is 0. The average Bonchev–Trinajstić information content (AvgIpc) is 3.10. The van der Waals surface area contributed by atoms with Gasteiger partial charge in [0.2, 0.25) is 10.0 Å². The van der Waals surface area contributed by atoms with Gasteiger partial charge in [-0.15, -0.1) is 5.10 Å². The maximum atomic E-state index is 12.8. The van der Waals surface area contributed by atoms with E-state index in [0.29, 0.717) is 35.1 Å². The molecule has 1 heterocycles. The molecule has 0 amide bonds. The Morgan fingerprint density at radius 1 is 1.23 bits per heavy atom. The van der Waals surface area contributed by atoms with Crippen LogP contribution >= 0.6 is 0 Å². The van der Waals surface area contributed by atoms with Gasteiger partial charge in [0.05, 0.1) is 26.7 Å². The first-order valence-corrected chi connectivity index (χ1v) is 11.9. The molecule has 14 heteroatoms. The fourth-order valence-corrected chi connectivity index (χ4v) is 5.87. The summed E-state index contributed by atoms with van der Waals surface area (Å²) in [5.41, 5.74) is 21.3. The molecule has 1 aromatic heterocycles. The Labute approximate surface area is 180 Å². The lowest BCUT2D eigenvalue weighted by Gasteiger charge is -2.17. The van der Waals surface area contributed by atoms with Crippen molar-refractivity contribution >= 4 is 43.6 Å². The highest BCUT2D eigenvalue weighted by molar-refractivity contribution is 7.91. The molecule has 1 unspecified atom stereocenters. The summed E-state index contributed by atoms with van der Waals surface area (Å²) in [7, 11) is -6.09. The molecule has 0 aliphatic rings. The minimum Gasteiger partial charge on any atom is -0.382 e. The quantitative estimate of drug-likeness (QED) is 0.0933. The first-order valence-electron chi connectivity index (χ1n) is 9.01. The summed E-state index contributed by atoms with van der Waals surface area (Å²) in [5, 5.41) is 9.26. The van der Waals surface area contributed by atoms with Crippen molar-refractivity contribution in [1.82, 2.24) is 15.5 Å². The molecule has 0 fully saturated rings. The molecule has 166 valence electrons. The van der Waals surface area contributed by atoms with E-state index in [2.05, 4.69) is 15.1 Å². The summed E-state index contributed by atoms with van der Waals surface area (Å²) in [6, 6.07) is 8.22. The molecule has 0 saturated heterocycles. The molecule has 3 rings (SSSR count). The molecule has 2 aromatic carbocycles. The van der Waals surface area contributed by atoms with Crippen molar-refractivity contribution in [1.29, 1.82) is 0 Å². The number of aromatic nitrogens is 2. The van der Waals surface area contributed by atoms with Crippen LogP contribution in [0, 0.1) is 0 Å². The third kappa shape index (κ3) is 4.52. The SMILES string of the molecule is NCCCS(=O)c1ccc(-c2cccc3[nH]c(N)nc23)c(/C(N)=N/NN)c1S(N)(=O)=O. The number of aromatic amines is 1. The molecule has 31 heavy (non-hydrogen) atoms. The summed E-state index contributed by atoms with van der Waals surface area (Å²) in [6.07, 6.45) is 0.424. The van der Waals surface area contributed by atoms with Gasteiger partial charge in [0, 0.05) is 16.9 Å². The van der Waals surface area contributed by atoms with Crippen molar-refractivity contribution in [2.24, 2.45) is 27.6 Å². The number of hydrazine groups is 1. The Balaban J connectivity index is 2.42. The van der Waals surface area contributed by atoms with Crippen LogP contribution in [0.1, 0.15) is 12.0 Å². The molecular weight excluding hydrogens is 442 g/mol. The number of fused-ring (bicyclic) bond motifs is 1. The Morgan fingerprint density at radius 3 is 2.61 bits per heavy atom. The Hall–Kier alpha value is -3.04. The zero-order chi connectivity index (χ0) is 22.8. The van der Waals surface area contributed by atoms with E-state index in [1.807, 2.05) is 5.53 Å². The Bertz CT molecular complexity index is 1290. The monoisotopic (exact) mass is 465 g/mol. The predicted octanol–water partition coefficient (Wildman–Crippen LogP) is -1.00. The Kier molecular flexibility index (Phi) is 6.56. The summed E-state index contributed by atoms with van der Waals surface area (Å²) in [6.45, 7) is 0.296. The van der Waals surface area contributed by atoms with Gasteiger partial charge in [0.25, 0.3) is 0 Å². The molecular formula is C17H23N9O3S2. The summed E-state index contributed by atoms with van der Waals surface area (Å²) < 4.78 is 38.1. The van der Waals surface area contributed by atoms with Crippen LogP contribution < -0.4 is 33.7 Å². The third-order valence-corrected chi connectivity index (χ3v) is 7.06. The predicted molar refractivity (Wildman–Crippen MR) is 120 cm³/mol. The van der Waals surface area contributed by atoms with Gasteiger partial charge in [-0.25, -0.2) is 29.9 Å². The van der Waals surface area contributed by atoms with E-state index in [-0.39, 0.29) is 28.0 Å². The van der Waals surface area contributed by atoms with Crippen molar-refractivity contribution in [3.05, 3.63) is 35.9 Å². The highest BCUT2D eigenvalue weighted by Gasteiger charge is 2.28. The number of nitrogen functional groups attached to an aromatic ring is 1. The van der Waals surface area contributed by atoms with Gasteiger partial charge in [0.15, 0.2) is 11.8 Å². The van der Waals surface area contributed by atoms with Crippen LogP contribution in [0.4, 0.5) is 5.95 Å². The van der Waals surface area contributed by atoms with Crippen molar-refractivity contribution in [2.75, 3.05) is 18.0 Å². The largest absolute Gasteiger partial charge is 0.382 e. The van der Waals surface area contributed by atoms with Gasteiger partial charge < -0.3 is 22.2 Å². The van der Waals surface area contributed by atoms with Gasteiger partial charge in [-0.3, -0.25) is 4.21 Å². The molecule has 0 aliphatic heterocycles. The van der Waals surface area contributed by atoms with E-state index in [0.717, 1.165) is 0 Å². The number of primary sulfonamides is 1. The number of benzene rings is 2. The molecule has 3 aromatic rings. The van der Waals surface area contributed by atoms with Crippen LogP contribution in [0.25, 0.3) is 22.2 Å². The number of hydrogen-bond donors (Lipinski definition) is 7. The number of hydrazone groups is 1. The van der Waals surface area contributed by atoms with Crippen LogP contribution in [-0.2, 0) is 20.8 Å². The van der Waals surface area contributed by atoms with Crippen molar-refractivity contribution in [3.8, 4) is 11.1 Å². The van der Waals surface area contributed by atoms with E-state index >= 15 is 0 Å². The molecule has 1 atom stereocenters. The number of nitrogens with one attached hydrogen (secondary N) is 2. The molecule has 0 aliphatic carbocycles. The van der Waals surface area contributed by atoms with Crippen molar-refractivity contribution in [2.45, 2.75) is 16.2 Å². The molecule has 0 radical (unpaired) electrons. The number of H-pyrrole nitrogens is 1. The number of sulfonamides is 1. The zero-order valence-electron chi connectivity index (χ0n) is 16.3. The van der Waals surface area contributed by atoms with Crippen LogP contribution in [0.3, 0.4) is 0 Å². The smallest absolute Gasteiger partial charge is 0.240 e. The first kappa shape index (κ1) is 22.6. The van der Waals surface area contributed by atoms with Crippen molar-refractivity contribution < 1.29 is 12.6 Å². The molecule has 0 bridgehead atoms. The number of para-hydroxylation sites is 1. The van der Waals surface area contributed by atoms with Crippen LogP contribution in [0.5, 0.6) is 0 Å². The van der Waals surface area contributed by atoms with Gasteiger partial charge in [-0.2, -0.15) is 0 Å². The van der Waals surface area contributed by atoms with Crippen LogP contribution in [0.15, 0.2) is 45.2 Å². The number of nitrogens with two attached hydrogens (primary N) is 5. The standard InChI is InChI=1S/C17H23N9O3S2/c18-7-2-8-30(27)12-6-5-9(10-3-1-4-11-14(10)24-17(20)23-11)13(16(19)25-26-21)15(12)31(22,28)29/h1,3-6,26H,2,7-8,18,21H2,(H2,19,25)(H3,20,23,24)(H2,22,28,29). The van der Waals surface area contributed by atoms with Gasteiger partial charge in [0.1, 0.15) is 4.90 Å². The average molecular weight is 466 g/mol. The highest BCUT2D eigenvalue weighted by Crippen LogP contribution is 2.36. The molecule has 0 spiro atoms. The number of hydrogen-bond acceptors (Lipinski definition) is 9. The number of imidazole rings is 1. The molecule has 0 saturated carbocycles. The lowest BCUT2D eigenvalue weighted by atomic mass is 9.97. The number of amidine groups is 1. The number of anilines is 1. The van der Waals surface area contributed by atoms with Crippen molar-refractivity contribution in [3.63, 3.8) is 0 Å². The minimum atomic E-state index is -4.38. The Morgan fingerprint density at radius 2 is 1.97 bits per heavy atom. The van der Waals surface area contributed by atoms with Gasteiger partial charge in [-0.05, 0) is 30.7 Å². The van der Waals surface area contributed by atoms with E-state index in [1.54, 1.807) is 24.3 Å². The number of rotatable bonds is 8. The second-order valence-corrected chi connectivity index (χ2v) is 9.54. The van der Waals surface area contributed by atoms with E-state index in [4.69, 9.17) is 28.2 Å². The van der Waals surface area contributed by atoms with Crippen LogP contribution in [-0.4, -0.2) is 40.7 Å². The van der Waals surface area contributed by atoms with E-state index in [1.165, 1.54) is 6.07 Å². The van der Waals surface area contributed by atoms with Gasteiger partial charge >= 0.3 is 0 Å². The lowest BCUT2D eigenvalue weighted by Crippen LogP contribution is -2.28. The topological polar surface area (TPSA) is 234 Å². The zero-order valence-corrected chi connectivity index (χ0v) is 18.0. The fraction of sp³-hybridized carbons (Fsp3) is 0.176. The second kappa shape index (κ2) is 8.99. The minimum absolute atomic E-state index is 0.00131. The summed E-state index contributed by atoms with van der Waals surface area (Å²) in [4.78, 5) is 6.78.